The molecule has 0 unspecified atom stereocenters. The first-order valence-corrected chi connectivity index (χ1v) is 4.32. The van der Waals surface area contributed by atoms with E-state index in [-0.39, 0.29) is 0 Å². The number of aromatic nitrogens is 4. The van der Waals surface area contributed by atoms with E-state index in [0.29, 0.717) is 0 Å². The van der Waals surface area contributed by atoms with Gasteiger partial charge in [-0.15, -0.1) is 0 Å². The fourth-order valence-electron chi connectivity index (χ4n) is 0.915. The summed E-state index contributed by atoms with van der Waals surface area (Å²) < 4.78 is 2.76. The Balaban J connectivity index is 2.48. The summed E-state index contributed by atoms with van der Waals surface area (Å²) in [6.45, 7) is 0. The van der Waals surface area contributed by atoms with E-state index >= 15 is 0 Å². The van der Waals surface area contributed by atoms with Gasteiger partial charge in [-0.3, -0.25) is 0 Å². The van der Waals surface area contributed by atoms with E-state index < -0.39 is 0 Å². The molecule has 2 rings (SSSR count). The van der Waals surface area contributed by atoms with Gasteiger partial charge in [-0.2, -0.15) is 0 Å². The molecule has 0 aliphatic rings. The van der Waals surface area contributed by atoms with Crippen LogP contribution in [0.5, 0.6) is 0 Å². The van der Waals surface area contributed by atoms with Crippen molar-refractivity contribution in [1.29, 1.82) is 0 Å². The molecule has 0 atom stereocenters. The van der Waals surface area contributed by atoms with Crippen molar-refractivity contribution in [2.24, 2.45) is 0 Å². The standard InChI is InChI=1S/C7H6N4Se/c12-7-3-1-2-6(4-7)11-5-8-9-10-11/h1-5,12H. The molecule has 0 amide bonds. The summed E-state index contributed by atoms with van der Waals surface area (Å²) in [6, 6.07) is 7.92. The van der Waals surface area contributed by atoms with Crippen molar-refractivity contribution in [3.63, 3.8) is 0 Å². The summed E-state index contributed by atoms with van der Waals surface area (Å²) in [5, 5.41) is 10.9. The first-order valence-electron chi connectivity index (χ1n) is 3.38. The van der Waals surface area contributed by atoms with Gasteiger partial charge in [0.25, 0.3) is 0 Å². The van der Waals surface area contributed by atoms with E-state index in [4.69, 9.17) is 0 Å². The predicted octanol–water partition coefficient (Wildman–Crippen LogP) is -0.812. The second kappa shape index (κ2) is 3.05. The Morgan fingerprint density at radius 1 is 1.33 bits per heavy atom. The summed E-state index contributed by atoms with van der Waals surface area (Å²) >= 11 is 2.48. The van der Waals surface area contributed by atoms with Crippen molar-refractivity contribution in [3.8, 4) is 5.69 Å². The maximum absolute atomic E-state index is 3.78. The van der Waals surface area contributed by atoms with Crippen LogP contribution in [0.3, 0.4) is 0 Å². The van der Waals surface area contributed by atoms with Crippen LogP contribution in [-0.2, 0) is 0 Å². The molecule has 1 heterocycles. The van der Waals surface area contributed by atoms with Crippen LogP contribution in [-0.4, -0.2) is 36.2 Å². The number of nitrogens with zero attached hydrogens (tertiary/aromatic N) is 4. The Labute approximate surface area is 77.4 Å². The number of tetrazole rings is 1. The van der Waals surface area contributed by atoms with Crippen LogP contribution < -0.4 is 4.46 Å². The van der Waals surface area contributed by atoms with Crippen LogP contribution in [0.25, 0.3) is 5.69 Å². The number of benzene rings is 1. The molecule has 0 bridgehead atoms. The Bertz CT molecular complexity index is 371. The van der Waals surface area contributed by atoms with E-state index in [1.165, 1.54) is 0 Å². The second-order valence-electron chi connectivity index (χ2n) is 2.27. The molecular formula is C7H6N4Se. The summed E-state index contributed by atoms with van der Waals surface area (Å²) in [5.74, 6) is 0. The van der Waals surface area contributed by atoms with E-state index in [1.807, 2.05) is 24.3 Å². The van der Waals surface area contributed by atoms with Crippen molar-refractivity contribution in [3.05, 3.63) is 30.6 Å². The molecule has 0 saturated carbocycles. The van der Waals surface area contributed by atoms with Crippen LogP contribution in [0.15, 0.2) is 30.6 Å². The molecule has 2 aromatic rings. The number of rotatable bonds is 1. The van der Waals surface area contributed by atoms with Gasteiger partial charge >= 0.3 is 77.0 Å². The van der Waals surface area contributed by atoms with E-state index in [1.54, 1.807) is 11.0 Å². The average Bonchev–Trinajstić information content (AvgIpc) is 2.56. The second-order valence-corrected chi connectivity index (χ2v) is 3.36. The molecule has 0 aliphatic carbocycles. The normalized spacial score (nSPS) is 10.1. The molecule has 0 aliphatic heterocycles. The monoisotopic (exact) mass is 226 g/mol. The van der Waals surface area contributed by atoms with E-state index in [0.717, 1.165) is 10.1 Å². The molecule has 0 N–H and O–H groups in total. The quantitative estimate of drug-likeness (QED) is 0.596. The first-order chi connectivity index (χ1) is 5.86. The van der Waals surface area contributed by atoms with Crippen molar-refractivity contribution in [1.82, 2.24) is 20.2 Å². The minimum absolute atomic E-state index is 0.970. The van der Waals surface area contributed by atoms with Gasteiger partial charge in [-0.1, -0.05) is 0 Å². The minimum atomic E-state index is 0.970. The van der Waals surface area contributed by atoms with Crippen molar-refractivity contribution in [2.75, 3.05) is 0 Å². The molecule has 0 fully saturated rings. The van der Waals surface area contributed by atoms with E-state index in [2.05, 4.69) is 31.5 Å². The van der Waals surface area contributed by atoms with Crippen LogP contribution in [0.4, 0.5) is 0 Å². The Kier molecular flexibility index (Phi) is 1.89. The zero-order valence-electron chi connectivity index (χ0n) is 6.12. The summed E-state index contributed by atoms with van der Waals surface area (Å²) in [6.07, 6.45) is 1.57. The molecule has 4 nitrogen and oxygen atoms in total. The Morgan fingerprint density at radius 3 is 2.92 bits per heavy atom. The molecule has 1 aromatic heterocycles. The topological polar surface area (TPSA) is 43.6 Å². The van der Waals surface area contributed by atoms with Gasteiger partial charge in [0.1, 0.15) is 0 Å². The van der Waals surface area contributed by atoms with Gasteiger partial charge in [0.2, 0.25) is 0 Å². The molecular weight excluding hydrogens is 219 g/mol. The van der Waals surface area contributed by atoms with Crippen LogP contribution in [0.1, 0.15) is 0 Å². The fourth-order valence-corrected chi connectivity index (χ4v) is 1.37. The van der Waals surface area contributed by atoms with Gasteiger partial charge in [0, 0.05) is 0 Å². The van der Waals surface area contributed by atoms with Gasteiger partial charge in [0.05, 0.1) is 0 Å². The molecule has 0 saturated heterocycles. The SMILES string of the molecule is [SeH]c1cccc(-n2cnnn2)c1. The fraction of sp³-hybridized carbons (Fsp3) is 0. The summed E-state index contributed by atoms with van der Waals surface area (Å²) in [7, 11) is 0. The summed E-state index contributed by atoms with van der Waals surface area (Å²) in [5.41, 5.74) is 0.970. The van der Waals surface area contributed by atoms with Crippen molar-refractivity contribution < 1.29 is 0 Å². The molecule has 5 heteroatoms. The van der Waals surface area contributed by atoms with Gasteiger partial charge < -0.3 is 0 Å². The molecule has 12 heavy (non-hydrogen) atoms. The number of hydrogen-bond donors (Lipinski definition) is 0. The van der Waals surface area contributed by atoms with Crippen molar-refractivity contribution >= 4 is 20.5 Å². The Hall–Kier alpha value is -1.19. The van der Waals surface area contributed by atoms with E-state index in [9.17, 15) is 0 Å². The third-order valence-corrected chi connectivity index (χ3v) is 2.03. The maximum atomic E-state index is 3.78. The average molecular weight is 225 g/mol. The molecule has 60 valence electrons. The third-order valence-electron chi connectivity index (χ3n) is 1.44. The third kappa shape index (κ3) is 1.37. The van der Waals surface area contributed by atoms with Crippen LogP contribution in [0, 0.1) is 0 Å². The van der Waals surface area contributed by atoms with Crippen LogP contribution >= 0.6 is 0 Å². The zero-order chi connectivity index (χ0) is 8.39. The van der Waals surface area contributed by atoms with Gasteiger partial charge in [0.15, 0.2) is 0 Å². The number of hydrogen-bond acceptors (Lipinski definition) is 3. The molecule has 0 spiro atoms. The van der Waals surface area contributed by atoms with Gasteiger partial charge in [-0.25, -0.2) is 0 Å². The summed E-state index contributed by atoms with van der Waals surface area (Å²) in [4.78, 5) is 0. The van der Waals surface area contributed by atoms with Gasteiger partial charge in [-0.05, 0) is 0 Å². The Morgan fingerprint density at radius 2 is 2.25 bits per heavy atom. The molecule has 0 radical (unpaired) electrons. The first kappa shape index (κ1) is 7.46. The van der Waals surface area contributed by atoms with Crippen molar-refractivity contribution in [2.45, 2.75) is 0 Å². The predicted molar refractivity (Wildman–Crippen MR) is 45.9 cm³/mol. The molecule has 1 aromatic carbocycles. The zero-order valence-corrected chi connectivity index (χ0v) is 8.00. The van der Waals surface area contributed by atoms with Crippen LogP contribution in [0.2, 0.25) is 0 Å².